The summed E-state index contributed by atoms with van der Waals surface area (Å²) in [6.07, 6.45) is 2.38. The number of nitrogens with zero attached hydrogens (tertiary/aromatic N) is 1. The highest BCUT2D eigenvalue weighted by molar-refractivity contribution is 7.89. The second kappa shape index (κ2) is 5.32. The number of rotatable bonds is 4. The molecular weight excluding hydrogens is 250 g/mol. The number of methoxy groups -OCH3 is 1. The van der Waals surface area contributed by atoms with Crippen molar-refractivity contribution in [1.29, 1.82) is 0 Å². The molecule has 4 nitrogen and oxygen atoms in total. The van der Waals surface area contributed by atoms with Gasteiger partial charge in [0.2, 0.25) is 0 Å². The molecule has 16 heavy (non-hydrogen) atoms. The summed E-state index contributed by atoms with van der Waals surface area (Å²) in [5.74, 6) is -0.0933. The third kappa shape index (κ3) is 3.83. The molecule has 0 fully saturated rings. The van der Waals surface area contributed by atoms with Crippen molar-refractivity contribution in [2.24, 2.45) is 4.99 Å². The van der Waals surface area contributed by atoms with Crippen LogP contribution in [0.25, 0.3) is 0 Å². The van der Waals surface area contributed by atoms with Crippen LogP contribution in [0.4, 0.5) is 5.69 Å². The lowest BCUT2D eigenvalue weighted by molar-refractivity contribution is 0.423. The fourth-order valence-corrected chi connectivity index (χ4v) is 2.25. The van der Waals surface area contributed by atoms with Crippen LogP contribution in [0.2, 0.25) is 5.02 Å². The maximum atomic E-state index is 11.2. The van der Waals surface area contributed by atoms with E-state index in [2.05, 4.69) is 9.73 Å². The zero-order valence-electron chi connectivity index (χ0n) is 8.97. The Morgan fingerprint density at radius 2 is 2.19 bits per heavy atom. The highest BCUT2D eigenvalue weighted by Gasteiger charge is 2.11. The van der Waals surface area contributed by atoms with Gasteiger partial charge in [-0.2, -0.15) is 0 Å². The van der Waals surface area contributed by atoms with E-state index in [1.807, 2.05) is 0 Å². The average molecular weight is 262 g/mol. The van der Waals surface area contributed by atoms with Crippen molar-refractivity contribution in [2.75, 3.05) is 13.4 Å². The summed E-state index contributed by atoms with van der Waals surface area (Å²) in [6.45, 7) is 0. The van der Waals surface area contributed by atoms with Crippen LogP contribution >= 0.6 is 11.6 Å². The highest BCUT2D eigenvalue weighted by Crippen LogP contribution is 2.29. The predicted molar refractivity (Wildman–Crippen MR) is 65.2 cm³/mol. The average Bonchev–Trinajstić information content (AvgIpc) is 2.14. The molecule has 0 bridgehead atoms. The molecular formula is C10H12ClNO3S. The van der Waals surface area contributed by atoms with Crippen molar-refractivity contribution in [3.63, 3.8) is 0 Å². The Morgan fingerprint density at radius 3 is 2.75 bits per heavy atom. The van der Waals surface area contributed by atoms with Crippen molar-refractivity contribution in [1.82, 2.24) is 0 Å². The van der Waals surface area contributed by atoms with Crippen molar-refractivity contribution in [3.05, 3.63) is 28.8 Å². The normalized spacial score (nSPS) is 11.9. The lowest BCUT2D eigenvalue weighted by atomic mass is 10.2. The topological polar surface area (TPSA) is 55.7 Å². The van der Waals surface area contributed by atoms with Gasteiger partial charge in [0.15, 0.2) is 16.2 Å². The largest absolute Gasteiger partial charge is 0.486 e. The van der Waals surface area contributed by atoms with Gasteiger partial charge in [0, 0.05) is 6.26 Å². The van der Waals surface area contributed by atoms with Crippen LogP contribution in [-0.4, -0.2) is 28.2 Å². The second-order valence-electron chi connectivity index (χ2n) is 3.29. The quantitative estimate of drug-likeness (QED) is 0.617. The van der Waals surface area contributed by atoms with Gasteiger partial charge in [-0.15, -0.1) is 0 Å². The monoisotopic (exact) mass is 261 g/mol. The minimum Gasteiger partial charge on any atom is -0.486 e. The van der Waals surface area contributed by atoms with Gasteiger partial charge in [-0.05, 0) is 11.6 Å². The second-order valence-corrected chi connectivity index (χ2v) is 5.84. The Morgan fingerprint density at radius 1 is 1.50 bits per heavy atom. The molecule has 6 heteroatoms. The van der Waals surface area contributed by atoms with Crippen LogP contribution in [0.15, 0.2) is 23.2 Å². The fraction of sp³-hybridized carbons (Fsp3) is 0.300. The van der Waals surface area contributed by atoms with Crippen LogP contribution in [0.5, 0.6) is 0 Å². The fourth-order valence-electron chi connectivity index (χ4n) is 1.21. The molecule has 0 radical (unpaired) electrons. The minimum atomic E-state index is -3.11. The summed E-state index contributed by atoms with van der Waals surface area (Å²) in [7, 11) is -1.66. The first-order chi connectivity index (χ1) is 7.44. The van der Waals surface area contributed by atoms with E-state index >= 15 is 0 Å². The molecule has 0 spiro atoms. The number of aliphatic imine (C=N–C) groups is 1. The summed E-state index contributed by atoms with van der Waals surface area (Å²) in [5.41, 5.74) is 0.986. The number of sulfone groups is 1. The number of hydrogen-bond donors (Lipinski definition) is 0. The summed E-state index contributed by atoms with van der Waals surface area (Å²) in [6, 6.07) is 5.01. The summed E-state index contributed by atoms with van der Waals surface area (Å²) >= 11 is 5.93. The number of para-hydroxylation sites is 1. The number of halogens is 1. The van der Waals surface area contributed by atoms with Crippen LogP contribution < -0.4 is 0 Å². The smallest absolute Gasteiger partial charge is 0.174 e. The van der Waals surface area contributed by atoms with Crippen molar-refractivity contribution >= 4 is 33.5 Å². The van der Waals surface area contributed by atoms with Crippen molar-refractivity contribution in [2.45, 2.75) is 5.75 Å². The number of ether oxygens (including phenoxy) is 1. The first-order valence-corrected chi connectivity index (χ1v) is 6.88. The Hall–Kier alpha value is -1.07. The first kappa shape index (κ1) is 13.0. The Kier molecular flexibility index (Phi) is 4.32. The maximum absolute atomic E-state index is 11.2. The van der Waals surface area contributed by atoms with Gasteiger partial charge in [0.25, 0.3) is 0 Å². The summed E-state index contributed by atoms with van der Waals surface area (Å²) < 4.78 is 27.1. The summed E-state index contributed by atoms with van der Waals surface area (Å²) in [4.78, 5) is 3.96. The Balaban J connectivity index is 3.18. The van der Waals surface area contributed by atoms with Gasteiger partial charge in [0.05, 0.1) is 23.6 Å². The lowest BCUT2D eigenvalue weighted by Crippen LogP contribution is -2.01. The molecule has 0 aliphatic carbocycles. The van der Waals surface area contributed by atoms with E-state index in [0.29, 0.717) is 16.3 Å². The molecule has 1 aromatic rings. The van der Waals surface area contributed by atoms with Gasteiger partial charge in [-0.3, -0.25) is 0 Å². The van der Waals surface area contributed by atoms with Gasteiger partial charge in [-0.1, -0.05) is 23.7 Å². The molecule has 0 atom stereocenters. The molecule has 0 aromatic heterocycles. The SMILES string of the molecule is CO/C=N\c1c(Cl)cccc1CS(C)(=O)=O. The van der Waals surface area contributed by atoms with E-state index in [1.165, 1.54) is 13.5 Å². The lowest BCUT2D eigenvalue weighted by Gasteiger charge is -2.05. The standard InChI is InChI=1S/C10H12ClNO3S/c1-15-7-12-10-8(6-16(2,13)14)4-3-5-9(10)11/h3-5,7H,6H2,1-2H3/b12-7-. The third-order valence-corrected chi connectivity index (χ3v) is 2.92. The van der Waals surface area contributed by atoms with E-state index in [-0.39, 0.29) is 5.75 Å². The molecule has 0 saturated carbocycles. The molecule has 1 aromatic carbocycles. The molecule has 0 saturated heterocycles. The van der Waals surface area contributed by atoms with Crippen LogP contribution in [0.1, 0.15) is 5.56 Å². The Bertz CT molecular complexity index is 497. The van der Waals surface area contributed by atoms with Gasteiger partial charge in [-0.25, -0.2) is 13.4 Å². The van der Waals surface area contributed by atoms with Crippen LogP contribution in [0.3, 0.4) is 0 Å². The van der Waals surface area contributed by atoms with Crippen LogP contribution in [-0.2, 0) is 20.3 Å². The van der Waals surface area contributed by atoms with Crippen molar-refractivity contribution in [3.8, 4) is 0 Å². The molecule has 0 N–H and O–H groups in total. The van der Waals surface area contributed by atoms with E-state index < -0.39 is 9.84 Å². The van der Waals surface area contributed by atoms with Gasteiger partial charge < -0.3 is 4.74 Å². The zero-order valence-corrected chi connectivity index (χ0v) is 10.5. The molecule has 88 valence electrons. The zero-order chi connectivity index (χ0) is 12.2. The van der Waals surface area contributed by atoms with E-state index in [4.69, 9.17) is 11.6 Å². The minimum absolute atomic E-state index is 0.0933. The molecule has 0 amide bonds. The maximum Gasteiger partial charge on any atom is 0.174 e. The number of benzene rings is 1. The molecule has 0 aliphatic heterocycles. The Labute approximate surface area is 99.8 Å². The van der Waals surface area contributed by atoms with E-state index in [9.17, 15) is 8.42 Å². The van der Waals surface area contributed by atoms with Gasteiger partial charge >= 0.3 is 0 Å². The van der Waals surface area contributed by atoms with Crippen LogP contribution in [0, 0.1) is 0 Å². The molecule has 0 heterocycles. The first-order valence-electron chi connectivity index (χ1n) is 4.44. The van der Waals surface area contributed by atoms with E-state index in [1.54, 1.807) is 18.2 Å². The van der Waals surface area contributed by atoms with Crippen molar-refractivity contribution < 1.29 is 13.2 Å². The number of hydrogen-bond acceptors (Lipinski definition) is 4. The molecule has 1 rings (SSSR count). The van der Waals surface area contributed by atoms with E-state index in [0.717, 1.165) is 6.26 Å². The predicted octanol–water partition coefficient (Wildman–Crippen LogP) is 2.19. The third-order valence-electron chi connectivity index (χ3n) is 1.78. The van der Waals surface area contributed by atoms with Gasteiger partial charge in [0.1, 0.15) is 0 Å². The molecule has 0 aliphatic rings. The summed E-state index contributed by atoms with van der Waals surface area (Å²) in [5, 5.41) is 0.398. The highest BCUT2D eigenvalue weighted by atomic mass is 35.5. The molecule has 0 unspecified atom stereocenters.